The van der Waals surface area contributed by atoms with Crippen LogP contribution >= 0.6 is 22.6 Å². The van der Waals surface area contributed by atoms with Crippen molar-refractivity contribution in [3.8, 4) is 11.5 Å². The van der Waals surface area contributed by atoms with Crippen molar-refractivity contribution in [1.29, 1.82) is 0 Å². The van der Waals surface area contributed by atoms with E-state index in [1.54, 1.807) is 19.3 Å². The lowest BCUT2D eigenvalue weighted by Crippen LogP contribution is -2.22. The summed E-state index contributed by atoms with van der Waals surface area (Å²) in [6.45, 7) is 2.38. The number of carbonyl (C=O) groups is 2. The maximum Gasteiger partial charge on any atom is 0.326 e. The molecule has 0 bridgehead atoms. The fourth-order valence-corrected chi connectivity index (χ4v) is 2.63. The molecule has 6 nitrogen and oxygen atoms in total. The van der Waals surface area contributed by atoms with Crippen LogP contribution in [-0.2, 0) is 4.79 Å². The Morgan fingerprint density at radius 3 is 2.60 bits per heavy atom. The number of imide groups is 1. The van der Waals surface area contributed by atoms with E-state index < -0.39 is 11.9 Å². The van der Waals surface area contributed by atoms with Gasteiger partial charge in [-0.25, -0.2) is 4.79 Å². The minimum absolute atomic E-state index is 0.207. The highest BCUT2D eigenvalue weighted by molar-refractivity contribution is 14.1. The van der Waals surface area contributed by atoms with Crippen molar-refractivity contribution in [1.82, 2.24) is 10.6 Å². The predicted molar refractivity (Wildman–Crippen MR) is 81.5 cm³/mol. The van der Waals surface area contributed by atoms with Gasteiger partial charge >= 0.3 is 6.03 Å². The van der Waals surface area contributed by atoms with Crippen LogP contribution in [0.1, 0.15) is 12.5 Å². The fraction of sp³-hybridized carbons (Fsp3) is 0.231. The van der Waals surface area contributed by atoms with Gasteiger partial charge in [-0.1, -0.05) is 0 Å². The fourth-order valence-electron chi connectivity index (χ4n) is 1.78. The first-order chi connectivity index (χ1) is 9.55. The van der Waals surface area contributed by atoms with Gasteiger partial charge in [-0.05, 0) is 53.3 Å². The summed E-state index contributed by atoms with van der Waals surface area (Å²) < 4.78 is 11.7. The first kappa shape index (κ1) is 14.6. The van der Waals surface area contributed by atoms with Gasteiger partial charge in [0.1, 0.15) is 5.70 Å². The zero-order valence-electron chi connectivity index (χ0n) is 11.0. The number of benzene rings is 1. The normalized spacial score (nSPS) is 16.1. The topological polar surface area (TPSA) is 76.7 Å². The smallest absolute Gasteiger partial charge is 0.326 e. The molecule has 0 unspecified atom stereocenters. The molecule has 1 saturated heterocycles. The van der Waals surface area contributed by atoms with Crippen LogP contribution in [0.25, 0.3) is 6.08 Å². The molecule has 0 spiro atoms. The number of hydrogen-bond acceptors (Lipinski definition) is 4. The van der Waals surface area contributed by atoms with Crippen molar-refractivity contribution in [2.75, 3.05) is 13.7 Å². The molecule has 2 rings (SSSR count). The largest absolute Gasteiger partial charge is 0.492 e. The van der Waals surface area contributed by atoms with Gasteiger partial charge < -0.3 is 14.8 Å². The quantitative estimate of drug-likeness (QED) is 0.469. The van der Waals surface area contributed by atoms with Crippen LogP contribution in [0.5, 0.6) is 11.5 Å². The van der Waals surface area contributed by atoms with Gasteiger partial charge in [0, 0.05) is 0 Å². The molecule has 0 radical (unpaired) electrons. The average Bonchev–Trinajstić information content (AvgIpc) is 2.68. The first-order valence-electron chi connectivity index (χ1n) is 5.89. The number of halogens is 1. The summed E-state index contributed by atoms with van der Waals surface area (Å²) in [6.07, 6.45) is 1.59. The van der Waals surface area contributed by atoms with Crippen molar-refractivity contribution >= 4 is 40.6 Å². The predicted octanol–water partition coefficient (Wildman–Crippen LogP) is 1.88. The number of nitrogens with one attached hydrogen (secondary N) is 2. The minimum atomic E-state index is -0.519. The molecule has 3 amide bonds. The Labute approximate surface area is 129 Å². The van der Waals surface area contributed by atoms with E-state index in [1.165, 1.54) is 0 Å². The van der Waals surface area contributed by atoms with Gasteiger partial charge in [-0.2, -0.15) is 0 Å². The third kappa shape index (κ3) is 3.03. The molecule has 0 aromatic heterocycles. The molecule has 20 heavy (non-hydrogen) atoms. The van der Waals surface area contributed by atoms with Crippen molar-refractivity contribution in [3.05, 3.63) is 27.0 Å². The molecule has 1 heterocycles. The Hall–Kier alpha value is -1.77. The van der Waals surface area contributed by atoms with Crippen molar-refractivity contribution in [2.24, 2.45) is 0 Å². The summed E-state index contributed by atoms with van der Waals surface area (Å²) in [4.78, 5) is 22.5. The Morgan fingerprint density at radius 1 is 1.30 bits per heavy atom. The highest BCUT2D eigenvalue weighted by Crippen LogP contribution is 2.34. The molecule has 1 fully saturated rings. The van der Waals surface area contributed by atoms with Gasteiger partial charge in [0.15, 0.2) is 11.5 Å². The summed E-state index contributed by atoms with van der Waals surface area (Å²) in [6, 6.07) is 3.08. The second kappa shape index (κ2) is 6.12. The molecule has 7 heteroatoms. The molecule has 2 N–H and O–H groups in total. The lowest BCUT2D eigenvalue weighted by atomic mass is 10.1. The maximum atomic E-state index is 11.5. The monoisotopic (exact) mass is 388 g/mol. The summed E-state index contributed by atoms with van der Waals surface area (Å²) >= 11 is 2.13. The van der Waals surface area contributed by atoms with E-state index in [0.29, 0.717) is 18.1 Å². The Morgan fingerprint density at radius 2 is 2.05 bits per heavy atom. The molecule has 106 valence electrons. The third-order valence-electron chi connectivity index (χ3n) is 2.57. The summed E-state index contributed by atoms with van der Waals surface area (Å²) in [5.41, 5.74) is 0.949. The molecular formula is C13H13IN2O4. The number of amides is 3. The van der Waals surface area contributed by atoms with Crippen LogP contribution in [0.2, 0.25) is 0 Å². The zero-order chi connectivity index (χ0) is 14.7. The SMILES string of the molecule is CCOc1cc(/C=C2\NC(=O)NC2=O)cc(I)c1OC. The molecule has 1 aromatic rings. The van der Waals surface area contributed by atoms with Crippen molar-refractivity contribution < 1.29 is 19.1 Å². The molecule has 0 saturated carbocycles. The Balaban J connectivity index is 2.40. The van der Waals surface area contributed by atoms with Gasteiger partial charge in [0.25, 0.3) is 5.91 Å². The number of rotatable bonds is 4. The summed E-state index contributed by atoms with van der Waals surface area (Å²) in [7, 11) is 1.57. The molecule has 0 aliphatic carbocycles. The number of carbonyl (C=O) groups excluding carboxylic acids is 2. The number of urea groups is 1. The third-order valence-corrected chi connectivity index (χ3v) is 3.37. The molecule has 1 aliphatic heterocycles. The zero-order valence-corrected chi connectivity index (χ0v) is 13.1. The van der Waals surface area contributed by atoms with E-state index in [-0.39, 0.29) is 5.70 Å². The van der Waals surface area contributed by atoms with Crippen LogP contribution in [0, 0.1) is 3.57 Å². The maximum absolute atomic E-state index is 11.5. The van der Waals surface area contributed by atoms with Crippen LogP contribution in [0.3, 0.4) is 0 Å². The van der Waals surface area contributed by atoms with E-state index in [4.69, 9.17) is 9.47 Å². The van der Waals surface area contributed by atoms with Crippen LogP contribution in [0.15, 0.2) is 17.8 Å². The van der Waals surface area contributed by atoms with E-state index in [2.05, 4.69) is 33.2 Å². The van der Waals surface area contributed by atoms with Gasteiger partial charge in [-0.3, -0.25) is 10.1 Å². The summed E-state index contributed by atoms with van der Waals surface area (Å²) in [5.74, 6) is 0.798. The van der Waals surface area contributed by atoms with E-state index in [0.717, 1.165) is 9.13 Å². The molecule has 0 atom stereocenters. The van der Waals surface area contributed by atoms with E-state index in [9.17, 15) is 9.59 Å². The molecule has 1 aliphatic rings. The Bertz CT molecular complexity index is 598. The minimum Gasteiger partial charge on any atom is -0.492 e. The second-order valence-electron chi connectivity index (χ2n) is 3.93. The number of methoxy groups -OCH3 is 1. The van der Waals surface area contributed by atoms with Crippen LogP contribution in [-0.4, -0.2) is 25.7 Å². The van der Waals surface area contributed by atoms with Crippen LogP contribution in [0.4, 0.5) is 4.79 Å². The molecular weight excluding hydrogens is 375 g/mol. The second-order valence-corrected chi connectivity index (χ2v) is 5.10. The van der Waals surface area contributed by atoms with E-state index >= 15 is 0 Å². The lowest BCUT2D eigenvalue weighted by Gasteiger charge is -2.12. The Kier molecular flexibility index (Phi) is 4.48. The van der Waals surface area contributed by atoms with E-state index in [1.807, 2.05) is 13.0 Å². The van der Waals surface area contributed by atoms with Crippen LogP contribution < -0.4 is 20.1 Å². The molecule has 1 aromatic carbocycles. The van der Waals surface area contributed by atoms with Crippen molar-refractivity contribution in [2.45, 2.75) is 6.92 Å². The highest BCUT2D eigenvalue weighted by atomic mass is 127. The van der Waals surface area contributed by atoms with Gasteiger partial charge in [-0.15, -0.1) is 0 Å². The lowest BCUT2D eigenvalue weighted by molar-refractivity contribution is -0.115. The average molecular weight is 388 g/mol. The highest BCUT2D eigenvalue weighted by Gasteiger charge is 2.23. The number of ether oxygens (including phenoxy) is 2. The number of hydrogen-bond donors (Lipinski definition) is 2. The van der Waals surface area contributed by atoms with Crippen molar-refractivity contribution in [3.63, 3.8) is 0 Å². The summed E-state index contributed by atoms with van der Waals surface area (Å²) in [5, 5.41) is 4.59. The van der Waals surface area contributed by atoms with Gasteiger partial charge in [0.2, 0.25) is 0 Å². The first-order valence-corrected chi connectivity index (χ1v) is 6.97. The van der Waals surface area contributed by atoms with Gasteiger partial charge in [0.05, 0.1) is 17.3 Å². The standard InChI is InChI=1S/C13H13IN2O4/c1-3-20-10-6-7(4-8(14)11(10)19-2)5-9-12(17)16-13(18)15-9/h4-6H,3H2,1-2H3,(H2,15,16,17,18)/b9-5-.